The molecule has 0 fully saturated rings. The van der Waals surface area contributed by atoms with Gasteiger partial charge in [0.05, 0.1) is 11.6 Å². The summed E-state index contributed by atoms with van der Waals surface area (Å²) < 4.78 is 11.5. The van der Waals surface area contributed by atoms with E-state index in [1.54, 1.807) is 6.07 Å². The van der Waals surface area contributed by atoms with Crippen LogP contribution >= 0.6 is 34.8 Å². The smallest absolute Gasteiger partial charge is 0.143 e. The highest BCUT2D eigenvalue weighted by atomic mass is 35.5. The molecular formula is C22H20Cl3NO2. The Labute approximate surface area is 180 Å². The average molecular weight is 437 g/mol. The van der Waals surface area contributed by atoms with Crippen LogP contribution in [0.2, 0.25) is 15.1 Å². The highest BCUT2D eigenvalue weighted by molar-refractivity contribution is 6.35. The van der Waals surface area contributed by atoms with Gasteiger partial charge in [0, 0.05) is 27.8 Å². The number of nitrogens with one attached hydrogen (secondary N) is 1. The fourth-order valence-corrected chi connectivity index (χ4v) is 3.39. The van der Waals surface area contributed by atoms with Crippen molar-refractivity contribution >= 4 is 40.5 Å². The zero-order valence-electron chi connectivity index (χ0n) is 15.3. The Morgan fingerprint density at radius 1 is 0.821 bits per heavy atom. The maximum atomic E-state index is 6.39. The van der Waals surface area contributed by atoms with E-state index in [1.165, 1.54) is 0 Å². The lowest BCUT2D eigenvalue weighted by Crippen LogP contribution is -2.04. The lowest BCUT2D eigenvalue weighted by Gasteiger charge is -2.15. The molecule has 0 aliphatic carbocycles. The predicted octanol–water partition coefficient (Wildman–Crippen LogP) is 7.24. The van der Waals surface area contributed by atoms with Crippen molar-refractivity contribution < 1.29 is 9.47 Å². The molecule has 0 saturated carbocycles. The monoisotopic (exact) mass is 435 g/mol. The van der Waals surface area contributed by atoms with Crippen molar-refractivity contribution in [2.45, 2.75) is 20.1 Å². The van der Waals surface area contributed by atoms with Crippen molar-refractivity contribution in [1.29, 1.82) is 0 Å². The quantitative estimate of drug-likeness (QED) is 0.404. The third-order valence-electron chi connectivity index (χ3n) is 4.03. The minimum atomic E-state index is 0.384. The number of anilines is 1. The summed E-state index contributed by atoms with van der Waals surface area (Å²) in [6.07, 6.45) is 0. The fourth-order valence-electron chi connectivity index (χ4n) is 2.68. The van der Waals surface area contributed by atoms with Gasteiger partial charge in [-0.3, -0.25) is 0 Å². The predicted molar refractivity (Wildman–Crippen MR) is 117 cm³/mol. The topological polar surface area (TPSA) is 30.5 Å². The van der Waals surface area contributed by atoms with E-state index >= 15 is 0 Å². The van der Waals surface area contributed by atoms with Gasteiger partial charge in [0.2, 0.25) is 0 Å². The van der Waals surface area contributed by atoms with E-state index in [1.807, 2.05) is 61.5 Å². The van der Waals surface area contributed by atoms with Crippen molar-refractivity contribution in [3.63, 3.8) is 0 Å². The number of hydrogen-bond acceptors (Lipinski definition) is 3. The molecule has 28 heavy (non-hydrogen) atoms. The van der Waals surface area contributed by atoms with Gasteiger partial charge in [-0.1, -0.05) is 46.9 Å². The molecule has 1 N–H and O–H groups in total. The van der Waals surface area contributed by atoms with Crippen molar-refractivity contribution in [3.05, 3.63) is 86.9 Å². The standard InChI is InChI=1S/C22H20Cl3NO2/c1-2-27-20-9-7-19(8-10-20)26-13-16-11-18(24)12-21(25)22(16)28-14-15-3-5-17(23)6-4-15/h3-12,26H,2,13-14H2,1H3. The molecule has 146 valence electrons. The van der Waals surface area contributed by atoms with E-state index in [2.05, 4.69) is 5.32 Å². The van der Waals surface area contributed by atoms with Crippen molar-refractivity contribution in [2.75, 3.05) is 11.9 Å². The minimum Gasteiger partial charge on any atom is -0.494 e. The van der Waals surface area contributed by atoms with Crippen LogP contribution in [-0.2, 0) is 13.2 Å². The molecule has 0 atom stereocenters. The summed E-state index contributed by atoms with van der Waals surface area (Å²) in [4.78, 5) is 0. The maximum Gasteiger partial charge on any atom is 0.143 e. The Morgan fingerprint density at radius 3 is 2.21 bits per heavy atom. The zero-order chi connectivity index (χ0) is 19.9. The summed E-state index contributed by atoms with van der Waals surface area (Å²) in [5, 5.41) is 5.09. The van der Waals surface area contributed by atoms with Crippen LogP contribution in [0.25, 0.3) is 0 Å². The molecule has 6 heteroatoms. The Balaban J connectivity index is 1.71. The summed E-state index contributed by atoms with van der Waals surface area (Å²) in [5.41, 5.74) is 2.84. The Morgan fingerprint density at radius 2 is 1.54 bits per heavy atom. The molecule has 0 spiro atoms. The van der Waals surface area contributed by atoms with Crippen LogP contribution < -0.4 is 14.8 Å². The van der Waals surface area contributed by atoms with Gasteiger partial charge >= 0.3 is 0 Å². The van der Waals surface area contributed by atoms with Crippen LogP contribution in [0.4, 0.5) is 5.69 Å². The summed E-state index contributed by atoms with van der Waals surface area (Å²) in [6, 6.07) is 18.8. The van der Waals surface area contributed by atoms with Crippen molar-refractivity contribution in [3.8, 4) is 11.5 Å². The van der Waals surface area contributed by atoms with Gasteiger partial charge in [0.25, 0.3) is 0 Å². The Bertz CT molecular complexity index is 912. The zero-order valence-corrected chi connectivity index (χ0v) is 17.6. The first kappa shape index (κ1) is 20.7. The molecule has 3 aromatic rings. The van der Waals surface area contributed by atoms with Crippen LogP contribution in [0, 0.1) is 0 Å². The first-order valence-electron chi connectivity index (χ1n) is 8.87. The maximum absolute atomic E-state index is 6.39. The molecule has 0 bridgehead atoms. The summed E-state index contributed by atoms with van der Waals surface area (Å²) >= 11 is 18.5. The van der Waals surface area contributed by atoms with Gasteiger partial charge < -0.3 is 14.8 Å². The summed E-state index contributed by atoms with van der Waals surface area (Å²) in [7, 11) is 0. The van der Waals surface area contributed by atoms with Gasteiger partial charge in [-0.15, -0.1) is 0 Å². The number of hydrogen-bond donors (Lipinski definition) is 1. The molecule has 0 unspecified atom stereocenters. The van der Waals surface area contributed by atoms with Crippen LogP contribution in [-0.4, -0.2) is 6.61 Å². The highest BCUT2D eigenvalue weighted by Gasteiger charge is 2.11. The molecule has 3 nitrogen and oxygen atoms in total. The lowest BCUT2D eigenvalue weighted by atomic mass is 10.2. The summed E-state index contributed by atoms with van der Waals surface area (Å²) in [6.45, 7) is 3.50. The molecule has 0 amide bonds. The molecule has 0 aliphatic rings. The van der Waals surface area contributed by atoms with Crippen LogP contribution in [0.1, 0.15) is 18.1 Å². The average Bonchev–Trinajstić information content (AvgIpc) is 2.68. The molecule has 0 aliphatic heterocycles. The van der Waals surface area contributed by atoms with E-state index in [0.29, 0.717) is 40.6 Å². The number of halogens is 3. The summed E-state index contributed by atoms with van der Waals surface area (Å²) in [5.74, 6) is 1.45. The van der Waals surface area contributed by atoms with E-state index in [-0.39, 0.29) is 0 Å². The van der Waals surface area contributed by atoms with Gasteiger partial charge in [0.15, 0.2) is 0 Å². The fraction of sp³-hybridized carbons (Fsp3) is 0.182. The normalized spacial score (nSPS) is 10.6. The molecular weight excluding hydrogens is 417 g/mol. The molecule has 0 radical (unpaired) electrons. The SMILES string of the molecule is CCOc1ccc(NCc2cc(Cl)cc(Cl)c2OCc2ccc(Cl)cc2)cc1. The molecule has 0 saturated heterocycles. The minimum absolute atomic E-state index is 0.384. The van der Waals surface area contributed by atoms with Crippen molar-refractivity contribution in [1.82, 2.24) is 0 Å². The Hall–Kier alpha value is -2.07. The second-order valence-corrected chi connectivity index (χ2v) is 7.38. The second kappa shape index (κ2) is 9.92. The second-order valence-electron chi connectivity index (χ2n) is 6.10. The third kappa shape index (κ3) is 5.71. The van der Waals surface area contributed by atoms with E-state index in [0.717, 1.165) is 22.6 Å². The van der Waals surface area contributed by atoms with E-state index < -0.39 is 0 Å². The Kier molecular flexibility index (Phi) is 7.32. The van der Waals surface area contributed by atoms with Crippen molar-refractivity contribution in [2.24, 2.45) is 0 Å². The largest absolute Gasteiger partial charge is 0.494 e. The van der Waals surface area contributed by atoms with E-state index in [9.17, 15) is 0 Å². The van der Waals surface area contributed by atoms with Crippen LogP contribution in [0.5, 0.6) is 11.5 Å². The van der Waals surface area contributed by atoms with Gasteiger partial charge in [-0.25, -0.2) is 0 Å². The highest BCUT2D eigenvalue weighted by Crippen LogP contribution is 2.34. The van der Waals surface area contributed by atoms with Crippen LogP contribution in [0.15, 0.2) is 60.7 Å². The first-order valence-corrected chi connectivity index (χ1v) is 10.0. The van der Waals surface area contributed by atoms with Crippen LogP contribution in [0.3, 0.4) is 0 Å². The first-order chi connectivity index (χ1) is 13.5. The molecule has 3 rings (SSSR count). The molecule has 0 aromatic heterocycles. The molecule has 3 aromatic carbocycles. The van der Waals surface area contributed by atoms with E-state index in [4.69, 9.17) is 44.3 Å². The van der Waals surface area contributed by atoms with Gasteiger partial charge in [-0.2, -0.15) is 0 Å². The number of rotatable bonds is 8. The number of ether oxygens (including phenoxy) is 2. The molecule has 0 heterocycles. The van der Waals surface area contributed by atoms with Gasteiger partial charge in [0.1, 0.15) is 18.1 Å². The number of benzene rings is 3. The lowest BCUT2D eigenvalue weighted by molar-refractivity contribution is 0.303. The third-order valence-corrected chi connectivity index (χ3v) is 4.78. The van der Waals surface area contributed by atoms with Gasteiger partial charge in [-0.05, 0) is 61.0 Å².